The molecule has 1 heterocycles. The Balaban J connectivity index is 1.94. The summed E-state index contributed by atoms with van der Waals surface area (Å²) in [6, 6.07) is 10.5. The predicted molar refractivity (Wildman–Crippen MR) is 121 cm³/mol. The quantitative estimate of drug-likeness (QED) is 0.179. The molecule has 5 heteroatoms. The van der Waals surface area contributed by atoms with E-state index in [4.69, 9.17) is 9.15 Å². The summed E-state index contributed by atoms with van der Waals surface area (Å²) in [5.41, 5.74) is 4.62. The van der Waals surface area contributed by atoms with Crippen LogP contribution in [-0.2, 0) is 17.6 Å². The molecule has 0 radical (unpaired) electrons. The maximum absolute atomic E-state index is 12.9. The second-order valence-electron chi connectivity index (χ2n) is 7.99. The molecule has 2 aromatic carbocycles. The first-order valence-electron chi connectivity index (χ1n) is 10.2. The van der Waals surface area contributed by atoms with Crippen LogP contribution in [0.15, 0.2) is 57.3 Å². The van der Waals surface area contributed by atoms with E-state index in [1.54, 1.807) is 24.3 Å². The topological polar surface area (TPSA) is 73.6 Å². The summed E-state index contributed by atoms with van der Waals surface area (Å²) in [5, 5.41) is 0.792. The smallest absolute Gasteiger partial charge is 0.339 e. The van der Waals surface area contributed by atoms with Crippen molar-refractivity contribution < 1.29 is 18.7 Å². The van der Waals surface area contributed by atoms with Gasteiger partial charge in [0.1, 0.15) is 11.3 Å². The van der Waals surface area contributed by atoms with Crippen LogP contribution in [0.25, 0.3) is 11.0 Å². The number of carbonyl (C=O) groups excluding carboxylic acids is 2. The summed E-state index contributed by atoms with van der Waals surface area (Å²) in [4.78, 5) is 36.8. The van der Waals surface area contributed by atoms with Crippen LogP contribution < -0.4 is 10.4 Å². The molecule has 31 heavy (non-hydrogen) atoms. The van der Waals surface area contributed by atoms with Gasteiger partial charge >= 0.3 is 11.6 Å². The fourth-order valence-corrected chi connectivity index (χ4v) is 3.34. The Morgan fingerprint density at radius 1 is 1.00 bits per heavy atom. The van der Waals surface area contributed by atoms with Gasteiger partial charge in [-0.3, -0.25) is 9.59 Å². The number of fused-ring (bicyclic) bond motifs is 1. The number of aryl methyl sites for hydroxylation is 2. The molecule has 1 aromatic heterocycles. The van der Waals surface area contributed by atoms with E-state index in [9.17, 15) is 14.4 Å². The zero-order chi connectivity index (χ0) is 22.7. The molecule has 0 N–H and O–H groups in total. The Bertz CT molecular complexity index is 1260. The normalized spacial score (nSPS) is 10.7. The molecule has 3 rings (SSSR count). The van der Waals surface area contributed by atoms with Gasteiger partial charge in [-0.25, -0.2) is 4.79 Å². The van der Waals surface area contributed by atoms with E-state index in [0.29, 0.717) is 28.9 Å². The standard InChI is InChI=1S/C26H26O5/c1-15(2)6-8-20-12-19(10-11-24(20)30-18(5)27)23(28)14-22-13-21-9-7-16(3)17(4)25(21)31-26(22)29/h6-7,9-13H,8,14H2,1-5H3. The van der Waals surface area contributed by atoms with Gasteiger partial charge in [0, 0.05) is 29.9 Å². The van der Waals surface area contributed by atoms with Gasteiger partial charge in [-0.1, -0.05) is 23.8 Å². The maximum atomic E-state index is 12.9. The number of hydrogen-bond donors (Lipinski definition) is 0. The highest BCUT2D eigenvalue weighted by Gasteiger charge is 2.16. The second-order valence-corrected chi connectivity index (χ2v) is 7.99. The molecule has 0 amide bonds. The van der Waals surface area contributed by atoms with Crippen molar-refractivity contribution >= 4 is 22.7 Å². The van der Waals surface area contributed by atoms with E-state index >= 15 is 0 Å². The molecule has 0 unspecified atom stereocenters. The highest BCUT2D eigenvalue weighted by Crippen LogP contribution is 2.24. The zero-order valence-electron chi connectivity index (χ0n) is 18.5. The van der Waals surface area contributed by atoms with E-state index in [1.165, 1.54) is 6.92 Å². The monoisotopic (exact) mass is 418 g/mol. The number of ketones is 1. The Morgan fingerprint density at radius 3 is 2.42 bits per heavy atom. The van der Waals surface area contributed by atoms with Crippen molar-refractivity contribution in [2.75, 3.05) is 0 Å². The summed E-state index contributed by atoms with van der Waals surface area (Å²) < 4.78 is 10.8. The molecule has 0 saturated heterocycles. The SMILES string of the molecule is CC(=O)Oc1ccc(C(=O)Cc2cc3ccc(C)c(C)c3oc2=O)cc1CC=C(C)C. The van der Waals surface area contributed by atoms with E-state index in [2.05, 4.69) is 0 Å². The fourth-order valence-electron chi connectivity index (χ4n) is 3.34. The summed E-state index contributed by atoms with van der Waals surface area (Å²) in [5.74, 6) is -0.197. The average molecular weight is 418 g/mol. The lowest BCUT2D eigenvalue weighted by atomic mass is 9.98. The molecule has 160 valence electrons. The molecule has 0 aliphatic rings. The van der Waals surface area contributed by atoms with E-state index in [0.717, 1.165) is 27.6 Å². The number of carbonyl (C=O) groups is 2. The molecule has 0 aliphatic carbocycles. The first-order valence-corrected chi connectivity index (χ1v) is 10.2. The number of hydrogen-bond acceptors (Lipinski definition) is 5. The van der Waals surface area contributed by atoms with Crippen molar-refractivity contribution in [3.05, 3.63) is 86.3 Å². The third kappa shape index (κ3) is 5.18. The third-order valence-electron chi connectivity index (χ3n) is 5.21. The molecule has 3 aromatic rings. The lowest BCUT2D eigenvalue weighted by Crippen LogP contribution is -2.14. The lowest BCUT2D eigenvalue weighted by Gasteiger charge is -2.10. The summed E-state index contributed by atoms with van der Waals surface area (Å²) in [6.07, 6.45) is 2.46. The maximum Gasteiger partial charge on any atom is 0.339 e. The van der Waals surface area contributed by atoms with Crippen LogP contribution in [-0.4, -0.2) is 11.8 Å². The summed E-state index contributed by atoms with van der Waals surface area (Å²) in [7, 11) is 0. The van der Waals surface area contributed by atoms with Crippen molar-refractivity contribution in [2.45, 2.75) is 47.5 Å². The third-order valence-corrected chi connectivity index (χ3v) is 5.21. The van der Waals surface area contributed by atoms with Crippen LogP contribution in [0, 0.1) is 13.8 Å². The van der Waals surface area contributed by atoms with E-state index in [1.807, 2.05) is 45.9 Å². The molecule has 0 spiro atoms. The van der Waals surface area contributed by atoms with Crippen molar-refractivity contribution in [1.29, 1.82) is 0 Å². The molecule has 0 aliphatic heterocycles. The minimum atomic E-state index is -0.504. The Hall–Kier alpha value is -3.47. The minimum absolute atomic E-state index is 0.0693. The largest absolute Gasteiger partial charge is 0.426 e. The number of allylic oxidation sites excluding steroid dienone is 2. The van der Waals surface area contributed by atoms with Crippen LogP contribution in [0.1, 0.15) is 53.4 Å². The van der Waals surface area contributed by atoms with Crippen LogP contribution >= 0.6 is 0 Å². The van der Waals surface area contributed by atoms with Crippen molar-refractivity contribution in [3.63, 3.8) is 0 Å². The predicted octanol–water partition coefficient (Wildman–Crippen LogP) is 5.27. The van der Waals surface area contributed by atoms with Gasteiger partial charge < -0.3 is 9.15 Å². The van der Waals surface area contributed by atoms with Gasteiger partial charge in [0.15, 0.2) is 5.78 Å². The van der Waals surface area contributed by atoms with Crippen LogP contribution in [0.3, 0.4) is 0 Å². The molecule has 0 fully saturated rings. The molecular formula is C26H26O5. The number of benzene rings is 2. The fraction of sp³-hybridized carbons (Fsp3) is 0.269. The Labute approximate surface area is 181 Å². The molecular weight excluding hydrogens is 392 g/mol. The summed E-state index contributed by atoms with van der Waals surface area (Å²) >= 11 is 0. The van der Waals surface area contributed by atoms with E-state index < -0.39 is 11.6 Å². The first-order chi connectivity index (χ1) is 14.7. The number of esters is 1. The second kappa shape index (κ2) is 9.13. The van der Waals surface area contributed by atoms with Gasteiger partial charge in [0.2, 0.25) is 0 Å². The number of rotatable bonds is 6. The van der Waals surface area contributed by atoms with Crippen LogP contribution in [0.5, 0.6) is 5.75 Å². The molecule has 5 nitrogen and oxygen atoms in total. The highest BCUT2D eigenvalue weighted by molar-refractivity contribution is 5.98. The van der Waals surface area contributed by atoms with Crippen molar-refractivity contribution in [3.8, 4) is 5.75 Å². The van der Waals surface area contributed by atoms with Gasteiger partial charge in [-0.15, -0.1) is 0 Å². The van der Waals surface area contributed by atoms with Gasteiger partial charge in [-0.05, 0) is 75.1 Å². The van der Waals surface area contributed by atoms with Crippen molar-refractivity contribution in [2.24, 2.45) is 0 Å². The Morgan fingerprint density at radius 2 is 1.74 bits per heavy atom. The highest BCUT2D eigenvalue weighted by atomic mass is 16.5. The van der Waals surface area contributed by atoms with Gasteiger partial charge in [0.25, 0.3) is 0 Å². The number of ether oxygens (including phenoxy) is 1. The summed E-state index contributed by atoms with van der Waals surface area (Å²) in [6.45, 7) is 9.15. The van der Waals surface area contributed by atoms with Gasteiger partial charge in [0.05, 0.1) is 0 Å². The zero-order valence-corrected chi connectivity index (χ0v) is 18.5. The number of Topliss-reactive ketones (excluding diaryl/α,β-unsaturated/α-hetero) is 1. The van der Waals surface area contributed by atoms with Crippen LogP contribution in [0.4, 0.5) is 0 Å². The lowest BCUT2D eigenvalue weighted by molar-refractivity contribution is -0.131. The minimum Gasteiger partial charge on any atom is -0.426 e. The molecule has 0 atom stereocenters. The average Bonchev–Trinajstić information content (AvgIpc) is 2.70. The van der Waals surface area contributed by atoms with Crippen LogP contribution in [0.2, 0.25) is 0 Å². The Kier molecular flexibility index (Phi) is 6.54. The van der Waals surface area contributed by atoms with E-state index in [-0.39, 0.29) is 12.2 Å². The first kappa shape index (κ1) is 22.2. The van der Waals surface area contributed by atoms with Crippen molar-refractivity contribution in [1.82, 2.24) is 0 Å². The molecule has 0 bridgehead atoms. The van der Waals surface area contributed by atoms with Gasteiger partial charge in [-0.2, -0.15) is 0 Å². The molecule has 0 saturated carbocycles.